The van der Waals surface area contributed by atoms with Crippen molar-refractivity contribution in [3.05, 3.63) is 28.8 Å². The van der Waals surface area contributed by atoms with Crippen molar-refractivity contribution in [2.45, 2.75) is 71.5 Å². The van der Waals surface area contributed by atoms with E-state index in [0.29, 0.717) is 5.92 Å². The second-order valence-electron chi connectivity index (χ2n) is 8.04. The first-order valence-electron chi connectivity index (χ1n) is 8.76. The maximum Gasteiger partial charge on any atom is 0.494 e. The first-order chi connectivity index (χ1) is 10.7. The number of benzene rings is 1. The van der Waals surface area contributed by atoms with Crippen molar-refractivity contribution in [3.63, 3.8) is 0 Å². The van der Waals surface area contributed by atoms with Gasteiger partial charge >= 0.3 is 7.12 Å². The minimum absolute atomic E-state index is 0.277. The van der Waals surface area contributed by atoms with Gasteiger partial charge in [-0.3, -0.25) is 0 Å². The molecule has 2 fully saturated rings. The number of ether oxygens (including phenoxy) is 1. The Morgan fingerprint density at radius 2 is 1.39 bits per heavy atom. The highest BCUT2D eigenvalue weighted by molar-refractivity contribution is 6.62. The molecule has 4 heteroatoms. The summed E-state index contributed by atoms with van der Waals surface area (Å²) in [4.78, 5) is 0. The van der Waals surface area contributed by atoms with Gasteiger partial charge in [-0.1, -0.05) is 12.1 Å². The highest BCUT2D eigenvalue weighted by Gasteiger charge is 2.51. The topological polar surface area (TPSA) is 27.7 Å². The van der Waals surface area contributed by atoms with Gasteiger partial charge in [-0.05, 0) is 82.5 Å². The third-order valence-electron chi connectivity index (χ3n) is 5.77. The van der Waals surface area contributed by atoms with Crippen LogP contribution in [0, 0.1) is 13.8 Å². The smallest absolute Gasteiger partial charge is 0.399 e. The number of rotatable bonds is 2. The fourth-order valence-corrected chi connectivity index (χ4v) is 3.75. The summed E-state index contributed by atoms with van der Waals surface area (Å²) in [6.45, 7) is 14.6. The van der Waals surface area contributed by atoms with Crippen LogP contribution in [0.3, 0.4) is 0 Å². The predicted molar refractivity (Wildman–Crippen MR) is 94.4 cm³/mol. The summed E-state index contributed by atoms with van der Waals surface area (Å²) >= 11 is 0. The summed E-state index contributed by atoms with van der Waals surface area (Å²) in [7, 11) is -0.277. The number of aryl methyl sites for hydroxylation is 2. The molecule has 0 amide bonds. The van der Waals surface area contributed by atoms with Crippen LogP contribution < -0.4 is 5.46 Å². The highest BCUT2D eigenvalue weighted by atomic mass is 16.7. The number of hydrogen-bond acceptors (Lipinski definition) is 3. The SMILES string of the molecule is Cc1cc(B2OC(C)(C)C(C)(C)O2)cc(C)c1C1CCOCC1. The molecule has 1 aromatic rings. The molecule has 126 valence electrons. The zero-order valence-electron chi connectivity index (χ0n) is 15.4. The van der Waals surface area contributed by atoms with Gasteiger partial charge < -0.3 is 14.0 Å². The molecule has 2 aliphatic heterocycles. The molecule has 0 atom stereocenters. The molecule has 0 N–H and O–H groups in total. The Morgan fingerprint density at radius 3 is 1.87 bits per heavy atom. The van der Waals surface area contributed by atoms with Crippen LogP contribution in [0.25, 0.3) is 0 Å². The Labute approximate surface area is 140 Å². The van der Waals surface area contributed by atoms with Crippen LogP contribution in [-0.2, 0) is 14.0 Å². The normalized spacial score (nSPS) is 24.2. The fourth-order valence-electron chi connectivity index (χ4n) is 3.75. The molecule has 0 unspecified atom stereocenters. The van der Waals surface area contributed by atoms with Crippen molar-refractivity contribution in [2.75, 3.05) is 13.2 Å². The van der Waals surface area contributed by atoms with Gasteiger partial charge in [0.1, 0.15) is 0 Å². The summed E-state index contributed by atoms with van der Waals surface area (Å²) < 4.78 is 17.9. The predicted octanol–water partition coefficient (Wildman–Crippen LogP) is 3.50. The molecular formula is C19H29BO3. The van der Waals surface area contributed by atoms with E-state index >= 15 is 0 Å². The van der Waals surface area contributed by atoms with Crippen molar-refractivity contribution in [3.8, 4) is 0 Å². The Bertz CT molecular complexity index is 549. The van der Waals surface area contributed by atoms with E-state index in [2.05, 4.69) is 53.7 Å². The lowest BCUT2D eigenvalue weighted by Gasteiger charge is -2.32. The molecular weight excluding hydrogens is 287 g/mol. The summed E-state index contributed by atoms with van der Waals surface area (Å²) in [6, 6.07) is 4.50. The van der Waals surface area contributed by atoms with Gasteiger partial charge in [0.25, 0.3) is 0 Å². The molecule has 2 heterocycles. The zero-order valence-corrected chi connectivity index (χ0v) is 15.4. The van der Waals surface area contributed by atoms with E-state index in [1.54, 1.807) is 0 Å². The lowest BCUT2D eigenvalue weighted by Crippen LogP contribution is -2.41. The Hall–Kier alpha value is -0.835. The Morgan fingerprint density at radius 1 is 0.913 bits per heavy atom. The molecule has 3 nitrogen and oxygen atoms in total. The lowest BCUT2D eigenvalue weighted by molar-refractivity contribution is 0.00578. The average molecular weight is 316 g/mol. The molecule has 3 rings (SSSR count). The monoisotopic (exact) mass is 316 g/mol. The van der Waals surface area contributed by atoms with Crippen LogP contribution in [-0.4, -0.2) is 31.5 Å². The van der Waals surface area contributed by atoms with Crippen LogP contribution in [0.5, 0.6) is 0 Å². The molecule has 0 aromatic heterocycles. The van der Waals surface area contributed by atoms with Crippen molar-refractivity contribution < 1.29 is 14.0 Å². The minimum Gasteiger partial charge on any atom is -0.399 e. The molecule has 2 saturated heterocycles. The summed E-state index contributed by atoms with van der Waals surface area (Å²) in [5.41, 5.74) is 4.74. The van der Waals surface area contributed by atoms with Gasteiger partial charge in [-0.15, -0.1) is 0 Å². The van der Waals surface area contributed by atoms with Crippen LogP contribution in [0.15, 0.2) is 12.1 Å². The van der Waals surface area contributed by atoms with Gasteiger partial charge in [0, 0.05) is 13.2 Å². The Kier molecular flexibility index (Phi) is 4.37. The second-order valence-corrected chi connectivity index (χ2v) is 8.04. The van der Waals surface area contributed by atoms with Crippen LogP contribution >= 0.6 is 0 Å². The fraction of sp³-hybridized carbons (Fsp3) is 0.684. The van der Waals surface area contributed by atoms with E-state index in [4.69, 9.17) is 14.0 Å². The maximum atomic E-state index is 6.20. The molecule has 0 spiro atoms. The van der Waals surface area contributed by atoms with Gasteiger partial charge in [0.05, 0.1) is 11.2 Å². The van der Waals surface area contributed by atoms with Gasteiger partial charge in [-0.2, -0.15) is 0 Å². The zero-order chi connectivity index (χ0) is 16.8. The average Bonchev–Trinajstić information content (AvgIpc) is 2.68. The maximum absolute atomic E-state index is 6.20. The molecule has 1 aromatic carbocycles. The first kappa shape index (κ1) is 17.0. The van der Waals surface area contributed by atoms with Crippen LogP contribution in [0.2, 0.25) is 0 Å². The van der Waals surface area contributed by atoms with E-state index in [9.17, 15) is 0 Å². The van der Waals surface area contributed by atoms with Crippen LogP contribution in [0.4, 0.5) is 0 Å². The quantitative estimate of drug-likeness (QED) is 0.782. The van der Waals surface area contributed by atoms with Crippen LogP contribution in [0.1, 0.15) is 63.1 Å². The van der Waals surface area contributed by atoms with E-state index < -0.39 is 0 Å². The first-order valence-corrected chi connectivity index (χ1v) is 8.76. The van der Waals surface area contributed by atoms with Gasteiger partial charge in [0.15, 0.2) is 0 Å². The van der Waals surface area contributed by atoms with E-state index in [0.717, 1.165) is 31.5 Å². The third kappa shape index (κ3) is 3.09. The molecule has 23 heavy (non-hydrogen) atoms. The third-order valence-corrected chi connectivity index (χ3v) is 5.77. The highest BCUT2D eigenvalue weighted by Crippen LogP contribution is 2.37. The van der Waals surface area contributed by atoms with Gasteiger partial charge in [0.2, 0.25) is 0 Å². The van der Waals surface area contributed by atoms with E-state index in [1.165, 1.54) is 16.7 Å². The van der Waals surface area contributed by atoms with Crippen molar-refractivity contribution in [1.82, 2.24) is 0 Å². The molecule has 0 bridgehead atoms. The van der Waals surface area contributed by atoms with Crippen molar-refractivity contribution in [1.29, 1.82) is 0 Å². The summed E-state index contributed by atoms with van der Waals surface area (Å²) in [5.74, 6) is 0.621. The number of hydrogen-bond donors (Lipinski definition) is 0. The standard InChI is InChI=1S/C19H29BO3/c1-13-11-16(20-22-18(3,4)19(5,6)23-20)12-14(2)17(13)15-7-9-21-10-8-15/h11-12,15H,7-10H2,1-6H3. The minimum atomic E-state index is -0.293. The molecule has 2 aliphatic rings. The summed E-state index contributed by atoms with van der Waals surface area (Å²) in [6.07, 6.45) is 2.25. The summed E-state index contributed by atoms with van der Waals surface area (Å²) in [5, 5.41) is 0. The van der Waals surface area contributed by atoms with Gasteiger partial charge in [-0.25, -0.2) is 0 Å². The van der Waals surface area contributed by atoms with Crippen molar-refractivity contribution >= 4 is 12.6 Å². The van der Waals surface area contributed by atoms with E-state index in [-0.39, 0.29) is 18.3 Å². The molecule has 0 saturated carbocycles. The molecule has 0 radical (unpaired) electrons. The largest absolute Gasteiger partial charge is 0.494 e. The van der Waals surface area contributed by atoms with E-state index in [1.807, 2.05) is 0 Å². The Balaban J connectivity index is 1.89. The van der Waals surface area contributed by atoms with Crippen molar-refractivity contribution in [2.24, 2.45) is 0 Å². The molecule has 0 aliphatic carbocycles. The second kappa shape index (κ2) is 5.91. The lowest BCUT2D eigenvalue weighted by atomic mass is 9.74.